The van der Waals surface area contributed by atoms with Crippen molar-refractivity contribution in [2.75, 3.05) is 5.75 Å². The Bertz CT molecular complexity index is 550. The Labute approximate surface area is 125 Å². The second-order valence-electron chi connectivity index (χ2n) is 5.27. The molecule has 110 valence electrons. The van der Waals surface area contributed by atoms with Gasteiger partial charge in [-0.2, -0.15) is 0 Å². The molecule has 2 aromatic rings. The minimum atomic E-state index is 0.716. The van der Waals surface area contributed by atoms with Gasteiger partial charge in [-0.1, -0.05) is 50.8 Å². The third kappa shape index (κ3) is 3.95. The molecule has 0 bridgehead atoms. The summed E-state index contributed by atoms with van der Waals surface area (Å²) in [5.74, 6) is 1.83. The Balaban J connectivity index is 1.85. The van der Waals surface area contributed by atoms with Crippen molar-refractivity contribution in [3.8, 4) is 0 Å². The van der Waals surface area contributed by atoms with E-state index in [9.17, 15) is 0 Å². The van der Waals surface area contributed by atoms with Crippen LogP contribution in [0.15, 0.2) is 11.2 Å². The molecule has 2 rings (SSSR count). The number of aromatic nitrogens is 4. The van der Waals surface area contributed by atoms with E-state index in [1.165, 1.54) is 38.5 Å². The van der Waals surface area contributed by atoms with Crippen molar-refractivity contribution < 1.29 is 0 Å². The van der Waals surface area contributed by atoms with Crippen molar-refractivity contribution in [1.29, 1.82) is 0 Å². The van der Waals surface area contributed by atoms with Gasteiger partial charge in [-0.25, -0.2) is 4.98 Å². The van der Waals surface area contributed by atoms with Crippen molar-refractivity contribution in [2.24, 2.45) is 0 Å². The number of fused-ring (bicyclic) bond motifs is 1. The number of thioether (sulfide) groups is 1. The van der Waals surface area contributed by atoms with E-state index in [-0.39, 0.29) is 0 Å². The molecule has 0 atom stereocenters. The standard InChI is InChI=1S/C15H24N4S/c1-4-5-6-7-8-9-10-20-15-18-17-14-16-12(2)11-13(3)19(14)15/h11H,4-10H2,1-3H3. The first-order chi connectivity index (χ1) is 9.72. The van der Waals surface area contributed by atoms with Gasteiger partial charge in [0, 0.05) is 17.1 Å². The van der Waals surface area contributed by atoms with Gasteiger partial charge in [-0.3, -0.25) is 4.40 Å². The highest BCUT2D eigenvalue weighted by Gasteiger charge is 2.09. The molecule has 0 radical (unpaired) electrons. The van der Waals surface area contributed by atoms with Crippen LogP contribution in [0.2, 0.25) is 0 Å². The van der Waals surface area contributed by atoms with Gasteiger partial charge in [-0.05, 0) is 26.3 Å². The molecule has 0 amide bonds. The Morgan fingerprint density at radius 1 is 1.05 bits per heavy atom. The fourth-order valence-electron chi connectivity index (χ4n) is 2.34. The van der Waals surface area contributed by atoms with E-state index in [2.05, 4.69) is 39.5 Å². The number of rotatable bonds is 8. The third-order valence-corrected chi connectivity index (χ3v) is 4.41. The van der Waals surface area contributed by atoms with Crippen molar-refractivity contribution in [1.82, 2.24) is 19.6 Å². The molecule has 0 aliphatic heterocycles. The zero-order valence-electron chi connectivity index (χ0n) is 12.7. The molecular formula is C15H24N4S. The lowest BCUT2D eigenvalue weighted by Crippen LogP contribution is -1.98. The zero-order chi connectivity index (χ0) is 14.4. The average Bonchev–Trinajstić information content (AvgIpc) is 2.81. The molecule has 0 saturated carbocycles. The number of hydrogen-bond acceptors (Lipinski definition) is 4. The summed E-state index contributed by atoms with van der Waals surface area (Å²) in [6.45, 7) is 6.33. The summed E-state index contributed by atoms with van der Waals surface area (Å²) < 4.78 is 2.05. The van der Waals surface area contributed by atoms with E-state index in [1.807, 2.05) is 6.92 Å². The minimum absolute atomic E-state index is 0.716. The Morgan fingerprint density at radius 3 is 2.60 bits per heavy atom. The maximum atomic E-state index is 4.41. The lowest BCUT2D eigenvalue weighted by Gasteiger charge is -2.04. The van der Waals surface area contributed by atoms with Crippen molar-refractivity contribution >= 4 is 17.5 Å². The monoisotopic (exact) mass is 292 g/mol. The van der Waals surface area contributed by atoms with E-state index in [1.54, 1.807) is 11.8 Å². The van der Waals surface area contributed by atoms with Crippen LogP contribution in [-0.2, 0) is 0 Å². The van der Waals surface area contributed by atoms with E-state index >= 15 is 0 Å². The van der Waals surface area contributed by atoms with Gasteiger partial charge >= 0.3 is 0 Å². The van der Waals surface area contributed by atoms with E-state index in [0.29, 0.717) is 5.78 Å². The highest BCUT2D eigenvalue weighted by atomic mass is 32.2. The van der Waals surface area contributed by atoms with Crippen LogP contribution in [0.4, 0.5) is 0 Å². The van der Waals surface area contributed by atoms with Gasteiger partial charge in [0.1, 0.15) is 0 Å². The summed E-state index contributed by atoms with van der Waals surface area (Å²) in [6, 6.07) is 2.07. The highest BCUT2D eigenvalue weighted by molar-refractivity contribution is 7.99. The number of hydrogen-bond donors (Lipinski definition) is 0. The summed E-state index contributed by atoms with van der Waals surface area (Å²) in [5, 5.41) is 9.39. The fraction of sp³-hybridized carbons (Fsp3) is 0.667. The molecule has 0 unspecified atom stereocenters. The Morgan fingerprint density at radius 2 is 1.80 bits per heavy atom. The average molecular weight is 292 g/mol. The van der Waals surface area contributed by atoms with Gasteiger partial charge in [0.25, 0.3) is 5.78 Å². The van der Waals surface area contributed by atoms with E-state index < -0.39 is 0 Å². The molecule has 0 spiro atoms. The fourth-order valence-corrected chi connectivity index (χ4v) is 3.32. The first-order valence-corrected chi connectivity index (χ1v) is 8.53. The van der Waals surface area contributed by atoms with Crippen molar-refractivity contribution in [3.63, 3.8) is 0 Å². The molecule has 0 fully saturated rings. The third-order valence-electron chi connectivity index (χ3n) is 3.39. The topological polar surface area (TPSA) is 43.1 Å². The second kappa shape index (κ2) is 7.62. The largest absolute Gasteiger partial charge is 0.259 e. The van der Waals surface area contributed by atoms with Gasteiger partial charge in [-0.15, -0.1) is 10.2 Å². The Kier molecular flexibility index (Phi) is 5.83. The molecule has 0 aliphatic rings. The van der Waals surface area contributed by atoms with E-state index in [0.717, 1.165) is 22.3 Å². The highest BCUT2D eigenvalue weighted by Crippen LogP contribution is 2.20. The van der Waals surface area contributed by atoms with E-state index in [4.69, 9.17) is 0 Å². The van der Waals surface area contributed by atoms with Gasteiger partial charge in [0.05, 0.1) is 0 Å². The first kappa shape index (κ1) is 15.3. The van der Waals surface area contributed by atoms with Crippen LogP contribution in [0.5, 0.6) is 0 Å². The lowest BCUT2D eigenvalue weighted by atomic mass is 10.1. The predicted molar refractivity (Wildman–Crippen MR) is 84.4 cm³/mol. The number of aryl methyl sites for hydroxylation is 2. The van der Waals surface area contributed by atoms with Gasteiger partial charge in [0.2, 0.25) is 0 Å². The van der Waals surface area contributed by atoms with Crippen LogP contribution in [-0.4, -0.2) is 25.3 Å². The SMILES string of the molecule is CCCCCCCCSc1nnc2nc(C)cc(C)n12. The number of nitrogens with zero attached hydrogens (tertiary/aromatic N) is 4. The summed E-state index contributed by atoms with van der Waals surface area (Å²) in [4.78, 5) is 4.41. The minimum Gasteiger partial charge on any atom is -0.259 e. The smallest absolute Gasteiger partial charge is 0.256 e. The molecule has 2 aromatic heterocycles. The summed E-state index contributed by atoms with van der Waals surface area (Å²) in [6.07, 6.45) is 7.98. The molecule has 0 aromatic carbocycles. The number of unbranched alkanes of at least 4 members (excludes halogenated alkanes) is 5. The zero-order valence-corrected chi connectivity index (χ0v) is 13.5. The van der Waals surface area contributed by atoms with Crippen LogP contribution in [0.3, 0.4) is 0 Å². The predicted octanol–water partition coefficient (Wildman–Crippen LogP) is 4.19. The maximum Gasteiger partial charge on any atom is 0.256 e. The van der Waals surface area contributed by atoms with Crippen LogP contribution in [0, 0.1) is 13.8 Å². The second-order valence-corrected chi connectivity index (χ2v) is 6.34. The van der Waals surface area contributed by atoms with Gasteiger partial charge < -0.3 is 0 Å². The lowest BCUT2D eigenvalue weighted by molar-refractivity contribution is 0.626. The molecule has 4 nitrogen and oxygen atoms in total. The van der Waals surface area contributed by atoms with Crippen LogP contribution < -0.4 is 0 Å². The summed E-state index contributed by atoms with van der Waals surface area (Å²) >= 11 is 1.79. The molecule has 0 saturated heterocycles. The summed E-state index contributed by atoms with van der Waals surface area (Å²) in [5.41, 5.74) is 2.15. The summed E-state index contributed by atoms with van der Waals surface area (Å²) in [7, 11) is 0. The molecule has 0 N–H and O–H groups in total. The quantitative estimate of drug-likeness (QED) is 0.540. The van der Waals surface area contributed by atoms with Crippen LogP contribution >= 0.6 is 11.8 Å². The van der Waals surface area contributed by atoms with Crippen molar-refractivity contribution in [2.45, 2.75) is 64.5 Å². The molecule has 20 heavy (non-hydrogen) atoms. The maximum absolute atomic E-state index is 4.41. The van der Waals surface area contributed by atoms with Crippen LogP contribution in [0.25, 0.3) is 5.78 Å². The Hall–Kier alpha value is -1.10. The molecule has 5 heteroatoms. The first-order valence-electron chi connectivity index (χ1n) is 7.54. The van der Waals surface area contributed by atoms with Crippen LogP contribution in [0.1, 0.15) is 56.8 Å². The van der Waals surface area contributed by atoms with Gasteiger partial charge in [0.15, 0.2) is 5.16 Å². The molecule has 0 aliphatic carbocycles. The normalized spacial score (nSPS) is 11.3. The molecule has 2 heterocycles. The van der Waals surface area contributed by atoms with Crippen molar-refractivity contribution in [3.05, 3.63) is 17.5 Å². The molecular weight excluding hydrogens is 268 g/mol.